The summed E-state index contributed by atoms with van der Waals surface area (Å²) in [6, 6.07) is 6.03. The van der Waals surface area contributed by atoms with Gasteiger partial charge in [0.2, 0.25) is 5.91 Å². The minimum atomic E-state index is -0.527. The van der Waals surface area contributed by atoms with Crippen molar-refractivity contribution in [2.45, 2.75) is 0 Å². The number of hydrogen-bond acceptors (Lipinski definition) is 7. The van der Waals surface area contributed by atoms with E-state index in [0.29, 0.717) is 31.9 Å². The van der Waals surface area contributed by atoms with Crippen LogP contribution >= 0.6 is 11.8 Å². The highest BCUT2D eigenvalue weighted by Crippen LogP contribution is 2.30. The topological polar surface area (TPSA) is 110 Å². The van der Waals surface area contributed by atoms with E-state index in [1.54, 1.807) is 29.2 Å². The molecule has 28 heavy (non-hydrogen) atoms. The molecule has 3 amide bonds. The van der Waals surface area contributed by atoms with Crippen LogP contribution in [0.1, 0.15) is 5.56 Å². The molecule has 0 aliphatic carbocycles. The van der Waals surface area contributed by atoms with E-state index in [1.165, 1.54) is 18.2 Å². The lowest BCUT2D eigenvalue weighted by Gasteiger charge is -2.27. The first-order valence-corrected chi connectivity index (χ1v) is 9.29. The Morgan fingerprint density at radius 1 is 1.29 bits per heavy atom. The summed E-state index contributed by atoms with van der Waals surface area (Å²) < 4.78 is 5.18. The molecular weight excluding hydrogens is 386 g/mol. The van der Waals surface area contributed by atoms with Crippen molar-refractivity contribution in [1.82, 2.24) is 9.80 Å². The molecule has 0 saturated carbocycles. The molecular formula is C18H17N3O6S. The number of amides is 3. The Morgan fingerprint density at radius 2 is 2.04 bits per heavy atom. The third-order valence-electron chi connectivity index (χ3n) is 4.15. The number of thioether (sulfide) groups is 1. The zero-order valence-corrected chi connectivity index (χ0v) is 15.6. The van der Waals surface area contributed by atoms with Gasteiger partial charge in [-0.05, 0) is 23.4 Å². The Labute approximate surface area is 164 Å². The summed E-state index contributed by atoms with van der Waals surface area (Å²) in [5.74, 6) is -0.820. The van der Waals surface area contributed by atoms with Crippen molar-refractivity contribution in [3.05, 3.63) is 57.0 Å². The Bertz CT molecular complexity index is 876. The summed E-state index contributed by atoms with van der Waals surface area (Å²) in [6.07, 6.45) is 4.60. The lowest BCUT2D eigenvalue weighted by Crippen LogP contribution is -2.46. The average Bonchev–Trinajstić information content (AvgIpc) is 2.96. The number of hydrogen-bond donors (Lipinski definition) is 0. The van der Waals surface area contributed by atoms with E-state index in [0.717, 1.165) is 16.7 Å². The fraction of sp³-hybridized carbons (Fsp3) is 0.278. The smallest absolute Gasteiger partial charge is 0.294 e. The minimum absolute atomic E-state index is 0.0379. The number of carbonyl (C=O) groups excluding carboxylic acids is 3. The number of carbonyl (C=O) groups is 3. The monoisotopic (exact) mass is 403 g/mol. The van der Waals surface area contributed by atoms with Gasteiger partial charge in [-0.15, -0.1) is 0 Å². The summed E-state index contributed by atoms with van der Waals surface area (Å²) in [6.45, 7) is 1.47. The van der Waals surface area contributed by atoms with Crippen LogP contribution in [0.2, 0.25) is 0 Å². The highest BCUT2D eigenvalue weighted by molar-refractivity contribution is 8.18. The third-order valence-corrected chi connectivity index (χ3v) is 5.07. The van der Waals surface area contributed by atoms with E-state index in [4.69, 9.17) is 4.74 Å². The van der Waals surface area contributed by atoms with Gasteiger partial charge in [0.05, 0.1) is 23.0 Å². The molecule has 146 valence electrons. The minimum Gasteiger partial charge on any atom is -0.378 e. The van der Waals surface area contributed by atoms with Crippen molar-refractivity contribution in [3.8, 4) is 0 Å². The van der Waals surface area contributed by atoms with E-state index in [1.807, 2.05) is 0 Å². The van der Waals surface area contributed by atoms with Gasteiger partial charge in [-0.3, -0.25) is 29.4 Å². The maximum absolute atomic E-state index is 12.4. The normalized spacial score (nSPS) is 19.1. The molecule has 0 aromatic heterocycles. The fourth-order valence-corrected chi connectivity index (χ4v) is 3.48. The van der Waals surface area contributed by atoms with Gasteiger partial charge < -0.3 is 9.64 Å². The SMILES string of the molecule is O=C(CN1C(=O)S/C(=C\C=C\c2cccc([N+](=O)[O-])c2)C1=O)N1CCOCC1. The van der Waals surface area contributed by atoms with Crippen molar-refractivity contribution in [1.29, 1.82) is 0 Å². The maximum Gasteiger partial charge on any atom is 0.294 e. The van der Waals surface area contributed by atoms with Crippen molar-refractivity contribution in [2.75, 3.05) is 32.8 Å². The Morgan fingerprint density at radius 3 is 2.75 bits per heavy atom. The quantitative estimate of drug-likeness (QED) is 0.420. The van der Waals surface area contributed by atoms with Crippen LogP contribution in [0, 0.1) is 10.1 Å². The van der Waals surface area contributed by atoms with Gasteiger partial charge in [0.25, 0.3) is 16.8 Å². The molecule has 0 unspecified atom stereocenters. The van der Waals surface area contributed by atoms with Crippen LogP contribution < -0.4 is 0 Å². The molecule has 1 aromatic rings. The van der Waals surface area contributed by atoms with E-state index in [-0.39, 0.29) is 23.0 Å². The van der Waals surface area contributed by atoms with Crippen molar-refractivity contribution in [3.63, 3.8) is 0 Å². The number of rotatable bonds is 5. The molecule has 2 fully saturated rings. The molecule has 2 aliphatic heterocycles. The standard InChI is InChI=1S/C18H17N3O6S/c22-16(19-7-9-27-10-8-19)12-20-17(23)15(28-18(20)24)6-2-4-13-3-1-5-14(11-13)21(25)26/h1-6,11H,7-10,12H2/b4-2+,15-6-. The lowest BCUT2D eigenvalue weighted by molar-refractivity contribution is -0.384. The molecule has 2 aliphatic rings. The molecule has 9 nitrogen and oxygen atoms in total. The van der Waals surface area contributed by atoms with Gasteiger partial charge in [0.1, 0.15) is 6.54 Å². The predicted octanol–water partition coefficient (Wildman–Crippen LogP) is 2.05. The molecule has 0 radical (unpaired) electrons. The fourth-order valence-electron chi connectivity index (χ4n) is 2.69. The van der Waals surface area contributed by atoms with E-state index < -0.39 is 16.1 Å². The maximum atomic E-state index is 12.4. The van der Waals surface area contributed by atoms with Crippen LogP contribution in [0.15, 0.2) is 41.3 Å². The van der Waals surface area contributed by atoms with E-state index in [9.17, 15) is 24.5 Å². The second-order valence-corrected chi connectivity index (χ2v) is 6.99. The van der Waals surface area contributed by atoms with Crippen molar-refractivity contribution >= 4 is 40.6 Å². The largest absolute Gasteiger partial charge is 0.378 e. The molecule has 2 heterocycles. The number of morpholine rings is 1. The molecule has 1 aromatic carbocycles. The first kappa shape index (κ1) is 19.8. The van der Waals surface area contributed by atoms with Crippen LogP contribution in [0.5, 0.6) is 0 Å². The first-order valence-electron chi connectivity index (χ1n) is 8.48. The third kappa shape index (κ3) is 4.65. The van der Waals surface area contributed by atoms with Gasteiger partial charge in [0.15, 0.2) is 0 Å². The summed E-state index contributed by atoms with van der Waals surface area (Å²) in [5, 5.41) is 10.3. The van der Waals surface area contributed by atoms with Crippen molar-refractivity contribution < 1.29 is 24.0 Å². The van der Waals surface area contributed by atoms with Gasteiger partial charge in [0, 0.05) is 25.2 Å². The zero-order valence-electron chi connectivity index (χ0n) is 14.8. The van der Waals surface area contributed by atoms with Crippen LogP contribution in [0.4, 0.5) is 10.5 Å². The number of ether oxygens (including phenoxy) is 1. The van der Waals surface area contributed by atoms with Gasteiger partial charge in [-0.1, -0.05) is 24.3 Å². The molecule has 2 saturated heterocycles. The molecule has 0 atom stereocenters. The lowest BCUT2D eigenvalue weighted by atomic mass is 10.2. The highest BCUT2D eigenvalue weighted by Gasteiger charge is 2.36. The number of allylic oxidation sites excluding steroid dienone is 2. The molecule has 0 N–H and O–H groups in total. The average molecular weight is 403 g/mol. The molecule has 0 bridgehead atoms. The summed E-state index contributed by atoms with van der Waals surface area (Å²) in [5.41, 5.74) is 0.552. The molecule has 0 spiro atoms. The number of non-ortho nitro benzene ring substituents is 1. The van der Waals surface area contributed by atoms with Gasteiger partial charge >= 0.3 is 0 Å². The molecule has 3 rings (SSSR count). The van der Waals surface area contributed by atoms with Crippen LogP contribution in [-0.2, 0) is 14.3 Å². The second-order valence-electron chi connectivity index (χ2n) is 5.99. The highest BCUT2D eigenvalue weighted by atomic mass is 32.2. The molecule has 10 heteroatoms. The van der Waals surface area contributed by atoms with E-state index >= 15 is 0 Å². The first-order chi connectivity index (χ1) is 13.5. The van der Waals surface area contributed by atoms with E-state index in [2.05, 4.69) is 0 Å². The Balaban J connectivity index is 1.64. The van der Waals surface area contributed by atoms with Crippen LogP contribution in [0.25, 0.3) is 6.08 Å². The van der Waals surface area contributed by atoms with Crippen molar-refractivity contribution in [2.24, 2.45) is 0 Å². The Kier molecular flexibility index (Phi) is 6.22. The number of imide groups is 1. The number of nitro benzene ring substituents is 1. The summed E-state index contributed by atoms with van der Waals surface area (Å²) in [4.78, 5) is 49.8. The van der Waals surface area contributed by atoms with Crippen LogP contribution in [-0.4, -0.2) is 64.6 Å². The number of nitrogens with zero attached hydrogens (tertiary/aromatic N) is 3. The Hall–Kier alpha value is -2.98. The predicted molar refractivity (Wildman–Crippen MR) is 102 cm³/mol. The van der Waals surface area contributed by atoms with Gasteiger partial charge in [-0.2, -0.15) is 0 Å². The summed E-state index contributed by atoms with van der Waals surface area (Å²) in [7, 11) is 0. The summed E-state index contributed by atoms with van der Waals surface area (Å²) >= 11 is 0.757. The number of benzene rings is 1. The van der Waals surface area contributed by atoms with Gasteiger partial charge in [-0.25, -0.2) is 0 Å². The second kappa shape index (κ2) is 8.81. The number of nitro groups is 1. The zero-order chi connectivity index (χ0) is 20.1. The van der Waals surface area contributed by atoms with Crippen LogP contribution in [0.3, 0.4) is 0 Å².